The summed E-state index contributed by atoms with van der Waals surface area (Å²) in [5.74, 6) is 0.409. The van der Waals surface area contributed by atoms with Crippen LogP contribution in [-0.2, 0) is 14.2 Å². The summed E-state index contributed by atoms with van der Waals surface area (Å²) in [6.45, 7) is 6.11. The van der Waals surface area contributed by atoms with E-state index in [0.29, 0.717) is 82.3 Å². The van der Waals surface area contributed by atoms with Crippen LogP contribution in [0.3, 0.4) is 0 Å². The second kappa shape index (κ2) is 19.1. The van der Waals surface area contributed by atoms with Gasteiger partial charge in [0.2, 0.25) is 0 Å². The zero-order chi connectivity index (χ0) is 34.1. The molecule has 13 heteroatoms. The molecule has 0 aliphatic carbocycles. The smallest absolute Gasteiger partial charge is 0.411 e. The quantitative estimate of drug-likeness (QED) is 0.133. The Bertz CT molecular complexity index is 1570. The van der Waals surface area contributed by atoms with Gasteiger partial charge >= 0.3 is 6.09 Å². The van der Waals surface area contributed by atoms with Gasteiger partial charge in [0.15, 0.2) is 0 Å². The van der Waals surface area contributed by atoms with E-state index in [-0.39, 0.29) is 17.9 Å². The Balaban J connectivity index is 0.00000167. The summed E-state index contributed by atoms with van der Waals surface area (Å²) >= 11 is 0. The number of nitrogens with one attached hydrogen (secondary N) is 3. The minimum Gasteiger partial charge on any atom is -0.446 e. The highest BCUT2D eigenvalue weighted by atomic mass is 16.6. The van der Waals surface area contributed by atoms with Gasteiger partial charge in [0, 0.05) is 61.4 Å². The number of imidazole rings is 1. The molecule has 0 unspecified atom stereocenters. The lowest BCUT2D eigenvalue weighted by Crippen LogP contribution is -2.41. The lowest BCUT2D eigenvalue weighted by molar-refractivity contribution is 0.0468. The number of fused-ring (bicyclic) bond motifs is 1. The van der Waals surface area contributed by atoms with Crippen molar-refractivity contribution in [3.63, 3.8) is 0 Å². The molecule has 1 saturated heterocycles. The lowest BCUT2D eigenvalue weighted by Gasteiger charge is -2.31. The van der Waals surface area contributed by atoms with Crippen molar-refractivity contribution < 1.29 is 28.6 Å². The monoisotopic (exact) mass is 659 g/mol. The first-order valence-corrected chi connectivity index (χ1v) is 16.2. The fraction of sp³-hybridized carbons (Fsp3) is 0.371. The molecule has 1 fully saturated rings. The number of nitrogens with two attached hydrogens (primary N) is 2. The third kappa shape index (κ3) is 10.9. The first kappa shape index (κ1) is 36.0. The molecule has 3 aromatic carbocycles. The molecule has 0 bridgehead atoms. The van der Waals surface area contributed by atoms with Crippen molar-refractivity contribution in [2.24, 2.45) is 11.5 Å². The van der Waals surface area contributed by atoms with Crippen molar-refractivity contribution in [1.82, 2.24) is 20.2 Å². The number of carbonyl (C=O) groups is 3. The van der Waals surface area contributed by atoms with Gasteiger partial charge < -0.3 is 40.9 Å². The fourth-order valence-electron chi connectivity index (χ4n) is 5.00. The van der Waals surface area contributed by atoms with Gasteiger partial charge in [0.25, 0.3) is 11.8 Å². The van der Waals surface area contributed by atoms with Gasteiger partial charge in [-0.3, -0.25) is 14.9 Å². The van der Waals surface area contributed by atoms with Gasteiger partial charge in [-0.2, -0.15) is 0 Å². The maximum atomic E-state index is 13.1. The SMILES string of the molecule is CCN.NCCOCCOCCNC(=O)c1cccc(NC(=O)OC2CCN(C(=O)c3ccc(-c4nc5ccccc5[nH]4)cc3)CC2)c1. The maximum Gasteiger partial charge on any atom is 0.411 e. The van der Waals surface area contributed by atoms with Gasteiger partial charge in [-0.15, -0.1) is 0 Å². The van der Waals surface area contributed by atoms with E-state index < -0.39 is 6.09 Å². The number of amides is 3. The van der Waals surface area contributed by atoms with Gasteiger partial charge in [0.1, 0.15) is 11.9 Å². The predicted octanol–water partition coefficient (Wildman–Crippen LogP) is 3.77. The number of anilines is 1. The summed E-state index contributed by atoms with van der Waals surface area (Å²) in [6.07, 6.45) is 0.125. The molecule has 256 valence electrons. The van der Waals surface area contributed by atoms with E-state index in [2.05, 4.69) is 20.6 Å². The molecule has 3 amide bonds. The number of piperidine rings is 1. The topological polar surface area (TPSA) is 187 Å². The molecule has 1 aliphatic rings. The number of benzene rings is 3. The van der Waals surface area contributed by atoms with Gasteiger partial charge in [-0.25, -0.2) is 9.78 Å². The number of para-hydroxylation sites is 2. The molecular weight excluding hydrogens is 614 g/mol. The van der Waals surface area contributed by atoms with E-state index in [1.807, 2.05) is 55.5 Å². The van der Waals surface area contributed by atoms with Crippen LogP contribution in [0.5, 0.6) is 0 Å². The van der Waals surface area contributed by atoms with Crippen LogP contribution >= 0.6 is 0 Å². The zero-order valence-electron chi connectivity index (χ0n) is 27.3. The molecule has 5 rings (SSSR count). The highest BCUT2D eigenvalue weighted by molar-refractivity contribution is 5.96. The Labute approximate surface area is 280 Å². The molecule has 1 aliphatic heterocycles. The molecule has 48 heavy (non-hydrogen) atoms. The van der Waals surface area contributed by atoms with E-state index in [4.69, 9.17) is 25.7 Å². The zero-order valence-corrected chi connectivity index (χ0v) is 27.3. The van der Waals surface area contributed by atoms with Crippen LogP contribution in [0.4, 0.5) is 10.5 Å². The second-order valence-electron chi connectivity index (χ2n) is 11.0. The van der Waals surface area contributed by atoms with Crippen molar-refractivity contribution in [1.29, 1.82) is 0 Å². The number of H-pyrrole nitrogens is 1. The van der Waals surface area contributed by atoms with Crippen molar-refractivity contribution in [3.05, 3.63) is 83.9 Å². The number of aromatic nitrogens is 2. The average Bonchev–Trinajstić information content (AvgIpc) is 3.54. The highest BCUT2D eigenvalue weighted by Gasteiger charge is 2.26. The molecule has 0 atom stereocenters. The number of rotatable bonds is 13. The van der Waals surface area contributed by atoms with Crippen LogP contribution in [0.15, 0.2) is 72.8 Å². The average molecular weight is 660 g/mol. The lowest BCUT2D eigenvalue weighted by atomic mass is 10.1. The molecule has 0 spiro atoms. The Morgan fingerprint density at radius 3 is 2.31 bits per heavy atom. The number of hydrogen-bond donors (Lipinski definition) is 5. The van der Waals surface area contributed by atoms with Gasteiger partial charge in [0.05, 0.1) is 37.5 Å². The number of ether oxygens (including phenoxy) is 3. The van der Waals surface area contributed by atoms with E-state index in [1.165, 1.54) is 0 Å². The van der Waals surface area contributed by atoms with Crippen molar-refractivity contribution in [2.75, 3.05) is 64.5 Å². The number of carbonyl (C=O) groups excluding carboxylic acids is 3. The summed E-state index contributed by atoms with van der Waals surface area (Å²) in [4.78, 5) is 47.9. The fourth-order valence-corrected chi connectivity index (χ4v) is 5.00. The summed E-state index contributed by atoms with van der Waals surface area (Å²) < 4.78 is 16.2. The number of aromatic amines is 1. The summed E-state index contributed by atoms with van der Waals surface area (Å²) in [7, 11) is 0. The van der Waals surface area contributed by atoms with Crippen LogP contribution in [0.1, 0.15) is 40.5 Å². The van der Waals surface area contributed by atoms with E-state index >= 15 is 0 Å². The molecular formula is C35H45N7O6. The van der Waals surface area contributed by atoms with E-state index in [0.717, 1.165) is 29.0 Å². The van der Waals surface area contributed by atoms with E-state index in [9.17, 15) is 14.4 Å². The van der Waals surface area contributed by atoms with Gasteiger partial charge in [-0.05, 0) is 49.0 Å². The maximum absolute atomic E-state index is 13.1. The predicted molar refractivity (Wildman–Crippen MR) is 185 cm³/mol. The first-order chi connectivity index (χ1) is 23.4. The summed E-state index contributed by atoms with van der Waals surface area (Å²) in [6, 6.07) is 21.8. The third-order valence-electron chi connectivity index (χ3n) is 7.33. The Morgan fingerprint density at radius 1 is 0.896 bits per heavy atom. The number of likely N-dealkylation sites (tertiary alicyclic amines) is 1. The minimum absolute atomic E-state index is 0.0627. The van der Waals surface area contributed by atoms with E-state index in [1.54, 1.807) is 29.2 Å². The van der Waals surface area contributed by atoms with Crippen LogP contribution in [0.2, 0.25) is 0 Å². The molecule has 0 radical (unpaired) electrons. The van der Waals surface area contributed by atoms with Crippen LogP contribution in [0, 0.1) is 0 Å². The largest absolute Gasteiger partial charge is 0.446 e. The van der Waals surface area contributed by atoms with Crippen molar-refractivity contribution in [3.8, 4) is 11.4 Å². The van der Waals surface area contributed by atoms with Crippen LogP contribution in [-0.4, -0.2) is 98.0 Å². The van der Waals surface area contributed by atoms with Gasteiger partial charge in [-0.1, -0.05) is 37.3 Å². The Morgan fingerprint density at radius 2 is 1.60 bits per heavy atom. The molecule has 0 saturated carbocycles. The summed E-state index contributed by atoms with van der Waals surface area (Å²) in [5, 5.41) is 5.48. The third-order valence-corrected chi connectivity index (χ3v) is 7.33. The normalized spacial score (nSPS) is 13.0. The summed E-state index contributed by atoms with van der Waals surface area (Å²) in [5.41, 5.74) is 14.4. The standard InChI is InChI=1S/C33H38N6O6.C2H7N/c34-14-18-43-20-21-44-19-15-35-31(40)25-4-3-5-26(22-25)36-33(42)45-27-12-16-39(17-13-27)32(41)24-10-8-23(9-11-24)30-37-28-6-1-2-7-29(28)38-30;1-2-3/h1-11,22,27H,12-21,34H2,(H,35,40)(H,36,42)(H,37,38);2-3H2,1H3. The molecule has 13 nitrogen and oxygen atoms in total. The Kier molecular flexibility index (Phi) is 14.3. The number of hydrogen-bond acceptors (Lipinski definition) is 9. The molecule has 2 heterocycles. The highest BCUT2D eigenvalue weighted by Crippen LogP contribution is 2.23. The van der Waals surface area contributed by atoms with Crippen LogP contribution in [0.25, 0.3) is 22.4 Å². The van der Waals surface area contributed by atoms with Crippen molar-refractivity contribution in [2.45, 2.75) is 25.9 Å². The molecule has 7 N–H and O–H groups in total. The van der Waals surface area contributed by atoms with Crippen molar-refractivity contribution >= 4 is 34.6 Å². The number of nitrogens with zero attached hydrogens (tertiary/aromatic N) is 2. The molecule has 4 aromatic rings. The second-order valence-corrected chi connectivity index (χ2v) is 11.0. The Hall–Kier alpha value is -4.82. The van der Waals surface area contributed by atoms with Crippen LogP contribution < -0.4 is 22.1 Å². The minimum atomic E-state index is -0.608. The molecule has 1 aromatic heterocycles. The first-order valence-electron chi connectivity index (χ1n) is 16.2.